The summed E-state index contributed by atoms with van der Waals surface area (Å²) in [5.74, 6) is -0.316. The molecule has 0 aliphatic heterocycles. The molecule has 24 heavy (non-hydrogen) atoms. The lowest BCUT2D eigenvalue weighted by Crippen LogP contribution is -2.12. The average Bonchev–Trinajstić information content (AvgIpc) is 3.09. The standard InChI is InChI=1S/C17H14N4O3/c1-12-10-13(2-7-16(12)21(23)24)17(22)19-14-3-5-15(6-4-14)20-9-8-18-11-20/h2-11H,1H3,(H,19,22). The number of amides is 1. The van der Waals surface area contributed by atoms with Gasteiger partial charge in [-0.1, -0.05) is 0 Å². The summed E-state index contributed by atoms with van der Waals surface area (Å²) in [7, 11) is 0. The van der Waals surface area contributed by atoms with Gasteiger partial charge in [0.05, 0.1) is 11.3 Å². The van der Waals surface area contributed by atoms with E-state index >= 15 is 0 Å². The van der Waals surface area contributed by atoms with Crippen LogP contribution in [0, 0.1) is 17.0 Å². The van der Waals surface area contributed by atoms with Crippen molar-refractivity contribution in [3.05, 3.63) is 82.4 Å². The molecule has 2 aromatic carbocycles. The van der Waals surface area contributed by atoms with E-state index < -0.39 is 4.92 Å². The van der Waals surface area contributed by atoms with Crippen molar-refractivity contribution >= 4 is 17.3 Å². The van der Waals surface area contributed by atoms with Gasteiger partial charge in [0.2, 0.25) is 0 Å². The maximum Gasteiger partial charge on any atom is 0.272 e. The number of nitro groups is 1. The number of hydrogen-bond donors (Lipinski definition) is 1. The lowest BCUT2D eigenvalue weighted by Gasteiger charge is -2.08. The number of hydrogen-bond acceptors (Lipinski definition) is 4. The number of rotatable bonds is 4. The molecule has 0 saturated heterocycles. The normalized spacial score (nSPS) is 10.4. The van der Waals surface area contributed by atoms with Gasteiger partial charge in [-0.3, -0.25) is 14.9 Å². The Labute approximate surface area is 137 Å². The molecule has 1 amide bonds. The summed E-state index contributed by atoms with van der Waals surface area (Å²) in [6.45, 7) is 1.61. The van der Waals surface area contributed by atoms with E-state index in [1.807, 2.05) is 22.9 Å². The van der Waals surface area contributed by atoms with Crippen molar-refractivity contribution in [3.63, 3.8) is 0 Å². The Morgan fingerprint density at radius 1 is 1.21 bits per heavy atom. The van der Waals surface area contributed by atoms with Gasteiger partial charge in [-0.25, -0.2) is 4.98 Å². The predicted octanol–water partition coefficient (Wildman–Crippen LogP) is 3.34. The summed E-state index contributed by atoms with van der Waals surface area (Å²) in [4.78, 5) is 26.6. The van der Waals surface area contributed by atoms with Crippen molar-refractivity contribution in [2.75, 3.05) is 5.32 Å². The lowest BCUT2D eigenvalue weighted by atomic mass is 10.1. The molecule has 120 valence electrons. The Morgan fingerprint density at radius 2 is 1.96 bits per heavy atom. The number of anilines is 1. The molecule has 1 heterocycles. The fourth-order valence-corrected chi connectivity index (χ4v) is 2.33. The molecule has 1 N–H and O–H groups in total. The van der Waals surface area contributed by atoms with Crippen molar-refractivity contribution in [2.45, 2.75) is 6.92 Å². The van der Waals surface area contributed by atoms with Crippen LogP contribution in [-0.2, 0) is 0 Å². The molecular formula is C17H14N4O3. The van der Waals surface area contributed by atoms with E-state index in [0.29, 0.717) is 16.8 Å². The van der Waals surface area contributed by atoms with Crippen LogP contribution in [0.5, 0.6) is 0 Å². The fourth-order valence-electron chi connectivity index (χ4n) is 2.33. The second kappa shape index (κ2) is 6.33. The van der Waals surface area contributed by atoms with Crippen LogP contribution in [0.3, 0.4) is 0 Å². The van der Waals surface area contributed by atoms with Crippen LogP contribution in [0.15, 0.2) is 61.2 Å². The summed E-state index contributed by atoms with van der Waals surface area (Å²) in [6.07, 6.45) is 5.20. The zero-order valence-corrected chi connectivity index (χ0v) is 12.8. The molecule has 0 atom stereocenters. The Bertz CT molecular complexity index is 887. The molecule has 0 fully saturated rings. The lowest BCUT2D eigenvalue weighted by molar-refractivity contribution is -0.385. The highest BCUT2D eigenvalue weighted by Crippen LogP contribution is 2.20. The van der Waals surface area contributed by atoms with E-state index in [1.165, 1.54) is 18.2 Å². The van der Waals surface area contributed by atoms with Crippen LogP contribution < -0.4 is 5.32 Å². The molecule has 7 heteroatoms. The molecule has 0 radical (unpaired) electrons. The summed E-state index contributed by atoms with van der Waals surface area (Å²) >= 11 is 0. The smallest absolute Gasteiger partial charge is 0.272 e. The summed E-state index contributed by atoms with van der Waals surface area (Å²) in [6, 6.07) is 11.6. The molecule has 0 saturated carbocycles. The van der Waals surface area contributed by atoms with Crippen LogP contribution >= 0.6 is 0 Å². The third-order valence-electron chi connectivity index (χ3n) is 3.58. The van der Waals surface area contributed by atoms with Gasteiger partial charge in [0.25, 0.3) is 11.6 Å². The van der Waals surface area contributed by atoms with Gasteiger partial charge < -0.3 is 9.88 Å². The number of aromatic nitrogens is 2. The van der Waals surface area contributed by atoms with Crippen LogP contribution in [0.1, 0.15) is 15.9 Å². The summed E-state index contributed by atoms with van der Waals surface area (Å²) in [5.41, 5.74) is 2.38. The highest BCUT2D eigenvalue weighted by molar-refractivity contribution is 6.04. The number of aryl methyl sites for hydroxylation is 1. The van der Waals surface area contributed by atoms with E-state index in [0.717, 1.165) is 5.69 Å². The molecular weight excluding hydrogens is 308 g/mol. The third-order valence-corrected chi connectivity index (χ3v) is 3.58. The van der Waals surface area contributed by atoms with E-state index in [2.05, 4.69) is 10.3 Å². The maximum absolute atomic E-state index is 12.3. The number of nitrogens with one attached hydrogen (secondary N) is 1. The Hall–Kier alpha value is -3.48. The second-order valence-electron chi connectivity index (χ2n) is 5.23. The number of nitro benzene ring substituents is 1. The molecule has 0 aliphatic rings. The number of carbonyl (C=O) groups is 1. The topological polar surface area (TPSA) is 90.1 Å². The van der Waals surface area contributed by atoms with Crippen molar-refractivity contribution in [1.82, 2.24) is 9.55 Å². The maximum atomic E-state index is 12.3. The Morgan fingerprint density at radius 3 is 2.54 bits per heavy atom. The summed E-state index contributed by atoms with van der Waals surface area (Å²) in [5, 5.41) is 13.6. The molecule has 1 aromatic heterocycles. The fraction of sp³-hybridized carbons (Fsp3) is 0.0588. The zero-order chi connectivity index (χ0) is 17.1. The molecule has 0 spiro atoms. The van der Waals surface area contributed by atoms with Crippen molar-refractivity contribution in [2.24, 2.45) is 0 Å². The predicted molar refractivity (Wildman–Crippen MR) is 89.4 cm³/mol. The highest BCUT2D eigenvalue weighted by Gasteiger charge is 2.13. The minimum absolute atomic E-state index is 0.00349. The number of benzene rings is 2. The number of nitrogens with zero attached hydrogens (tertiary/aromatic N) is 3. The van der Waals surface area contributed by atoms with Gasteiger partial charge in [-0.05, 0) is 43.3 Å². The van der Waals surface area contributed by atoms with Gasteiger partial charge in [-0.15, -0.1) is 0 Å². The molecule has 0 unspecified atom stereocenters. The van der Waals surface area contributed by atoms with Crippen LogP contribution in [-0.4, -0.2) is 20.4 Å². The van der Waals surface area contributed by atoms with Gasteiger partial charge in [0, 0.05) is 41.0 Å². The minimum atomic E-state index is -0.466. The molecule has 3 aromatic rings. The molecule has 7 nitrogen and oxygen atoms in total. The van der Waals surface area contributed by atoms with Gasteiger partial charge in [-0.2, -0.15) is 0 Å². The van der Waals surface area contributed by atoms with Gasteiger partial charge >= 0.3 is 0 Å². The number of carbonyl (C=O) groups excluding carboxylic acids is 1. The first-order valence-corrected chi connectivity index (χ1v) is 7.19. The van der Waals surface area contributed by atoms with E-state index in [1.54, 1.807) is 31.6 Å². The first-order chi connectivity index (χ1) is 11.5. The Kier molecular flexibility index (Phi) is 4.07. The Balaban J connectivity index is 1.75. The third kappa shape index (κ3) is 3.14. The highest BCUT2D eigenvalue weighted by atomic mass is 16.6. The van der Waals surface area contributed by atoms with E-state index in [9.17, 15) is 14.9 Å². The largest absolute Gasteiger partial charge is 0.322 e. The van der Waals surface area contributed by atoms with Crippen LogP contribution in [0.4, 0.5) is 11.4 Å². The van der Waals surface area contributed by atoms with Crippen molar-refractivity contribution < 1.29 is 9.72 Å². The first kappa shape index (κ1) is 15.4. The quantitative estimate of drug-likeness (QED) is 0.589. The molecule has 0 bridgehead atoms. The van der Waals surface area contributed by atoms with E-state index in [4.69, 9.17) is 0 Å². The monoisotopic (exact) mass is 322 g/mol. The molecule has 0 aliphatic carbocycles. The van der Waals surface area contributed by atoms with Gasteiger partial charge in [0.1, 0.15) is 0 Å². The SMILES string of the molecule is Cc1cc(C(=O)Nc2ccc(-n3ccnc3)cc2)ccc1[N+](=O)[O-]. The molecule has 3 rings (SSSR count). The van der Waals surface area contributed by atoms with Crippen LogP contribution in [0.2, 0.25) is 0 Å². The van der Waals surface area contributed by atoms with Crippen molar-refractivity contribution in [3.8, 4) is 5.69 Å². The first-order valence-electron chi connectivity index (χ1n) is 7.19. The minimum Gasteiger partial charge on any atom is -0.322 e. The van der Waals surface area contributed by atoms with Crippen molar-refractivity contribution in [1.29, 1.82) is 0 Å². The van der Waals surface area contributed by atoms with E-state index in [-0.39, 0.29) is 11.6 Å². The summed E-state index contributed by atoms with van der Waals surface area (Å²) < 4.78 is 1.85. The number of imidazole rings is 1. The zero-order valence-electron chi connectivity index (χ0n) is 12.8. The average molecular weight is 322 g/mol. The van der Waals surface area contributed by atoms with Gasteiger partial charge in [0.15, 0.2) is 0 Å². The second-order valence-corrected chi connectivity index (χ2v) is 5.23. The van der Waals surface area contributed by atoms with Crippen LogP contribution in [0.25, 0.3) is 5.69 Å².